The predicted molar refractivity (Wildman–Crippen MR) is 70.3 cm³/mol. The van der Waals surface area contributed by atoms with Gasteiger partial charge in [-0.15, -0.1) is 0 Å². The fraction of sp³-hybridized carbons (Fsp3) is 0.462. The van der Waals surface area contributed by atoms with Crippen LogP contribution in [0.2, 0.25) is 0 Å². The SMILES string of the molecule is O=Cc1ccc(NCC2CCCC2O)c([N+](=O)[O-])c1. The van der Waals surface area contributed by atoms with Crippen molar-refractivity contribution in [1.82, 2.24) is 0 Å². The molecule has 1 aliphatic rings. The molecule has 2 N–H and O–H groups in total. The first-order valence-electron chi connectivity index (χ1n) is 6.27. The highest BCUT2D eigenvalue weighted by atomic mass is 16.6. The minimum absolute atomic E-state index is 0.114. The van der Waals surface area contributed by atoms with Gasteiger partial charge in [0.05, 0.1) is 11.0 Å². The van der Waals surface area contributed by atoms with Gasteiger partial charge in [0.2, 0.25) is 0 Å². The zero-order chi connectivity index (χ0) is 13.8. The van der Waals surface area contributed by atoms with Gasteiger partial charge in [-0.3, -0.25) is 14.9 Å². The van der Waals surface area contributed by atoms with E-state index in [2.05, 4.69) is 5.32 Å². The molecule has 6 heteroatoms. The zero-order valence-electron chi connectivity index (χ0n) is 10.4. The number of nitro benzene ring substituents is 1. The molecule has 0 aromatic heterocycles. The molecule has 2 rings (SSSR count). The summed E-state index contributed by atoms with van der Waals surface area (Å²) in [6.45, 7) is 0.502. The van der Waals surface area contributed by atoms with E-state index in [1.165, 1.54) is 18.2 Å². The molecule has 1 saturated carbocycles. The molecule has 19 heavy (non-hydrogen) atoms. The lowest BCUT2D eigenvalue weighted by molar-refractivity contribution is -0.384. The van der Waals surface area contributed by atoms with Gasteiger partial charge >= 0.3 is 0 Å². The third-order valence-electron chi connectivity index (χ3n) is 3.53. The van der Waals surface area contributed by atoms with E-state index >= 15 is 0 Å². The summed E-state index contributed by atoms with van der Waals surface area (Å²) in [5, 5.41) is 23.7. The number of rotatable bonds is 5. The summed E-state index contributed by atoms with van der Waals surface area (Å²) in [7, 11) is 0. The maximum atomic E-state index is 11.0. The summed E-state index contributed by atoms with van der Waals surface area (Å²) in [4.78, 5) is 21.1. The van der Waals surface area contributed by atoms with E-state index in [4.69, 9.17) is 0 Å². The normalized spacial score (nSPS) is 22.2. The van der Waals surface area contributed by atoms with Crippen molar-refractivity contribution >= 4 is 17.7 Å². The van der Waals surface area contributed by atoms with Crippen molar-refractivity contribution in [3.05, 3.63) is 33.9 Å². The maximum Gasteiger partial charge on any atom is 0.293 e. The topological polar surface area (TPSA) is 92.5 Å². The summed E-state index contributed by atoms with van der Waals surface area (Å²) in [5.41, 5.74) is 0.546. The van der Waals surface area contributed by atoms with Crippen LogP contribution in [0.3, 0.4) is 0 Å². The lowest BCUT2D eigenvalue weighted by Crippen LogP contribution is -2.22. The van der Waals surface area contributed by atoms with E-state index in [-0.39, 0.29) is 23.3 Å². The van der Waals surface area contributed by atoms with Crippen molar-refractivity contribution in [2.45, 2.75) is 25.4 Å². The Hall–Kier alpha value is -1.95. The van der Waals surface area contributed by atoms with Gasteiger partial charge in [-0.2, -0.15) is 0 Å². The quantitative estimate of drug-likeness (QED) is 0.482. The highest BCUT2D eigenvalue weighted by molar-refractivity contribution is 5.79. The summed E-state index contributed by atoms with van der Waals surface area (Å²) in [6.07, 6.45) is 2.95. The second-order valence-corrected chi connectivity index (χ2v) is 4.79. The molecular formula is C13H16N2O4. The highest BCUT2D eigenvalue weighted by Crippen LogP contribution is 2.29. The van der Waals surface area contributed by atoms with Crippen LogP contribution in [0.25, 0.3) is 0 Å². The van der Waals surface area contributed by atoms with E-state index in [0.29, 0.717) is 18.5 Å². The van der Waals surface area contributed by atoms with Gasteiger partial charge in [0.25, 0.3) is 5.69 Å². The van der Waals surface area contributed by atoms with Crippen LogP contribution < -0.4 is 5.32 Å². The molecule has 1 aromatic carbocycles. The second-order valence-electron chi connectivity index (χ2n) is 4.79. The average Bonchev–Trinajstić information content (AvgIpc) is 2.81. The molecule has 0 bridgehead atoms. The molecular weight excluding hydrogens is 248 g/mol. The molecule has 1 aromatic rings. The molecule has 1 fully saturated rings. The van der Waals surface area contributed by atoms with E-state index < -0.39 is 4.92 Å². The molecule has 102 valence electrons. The highest BCUT2D eigenvalue weighted by Gasteiger charge is 2.25. The van der Waals surface area contributed by atoms with Crippen LogP contribution in [0.1, 0.15) is 29.6 Å². The number of nitro groups is 1. The monoisotopic (exact) mass is 264 g/mol. The first kappa shape index (κ1) is 13.5. The summed E-state index contributed by atoms with van der Waals surface area (Å²) >= 11 is 0. The summed E-state index contributed by atoms with van der Waals surface area (Å²) in [5.74, 6) is 0.130. The Morgan fingerprint density at radius 2 is 2.26 bits per heavy atom. The third-order valence-corrected chi connectivity index (χ3v) is 3.53. The number of anilines is 1. The van der Waals surface area contributed by atoms with E-state index in [0.717, 1.165) is 19.3 Å². The summed E-state index contributed by atoms with van der Waals surface area (Å²) in [6, 6.07) is 4.32. The number of aldehydes is 1. The van der Waals surface area contributed by atoms with Gasteiger partial charge in [0.1, 0.15) is 12.0 Å². The van der Waals surface area contributed by atoms with Crippen molar-refractivity contribution < 1.29 is 14.8 Å². The van der Waals surface area contributed by atoms with Gasteiger partial charge in [0.15, 0.2) is 0 Å². The fourth-order valence-corrected chi connectivity index (χ4v) is 2.42. The molecule has 0 heterocycles. The van der Waals surface area contributed by atoms with Gasteiger partial charge in [0, 0.05) is 24.1 Å². The molecule has 2 unspecified atom stereocenters. The van der Waals surface area contributed by atoms with E-state index in [9.17, 15) is 20.0 Å². The lowest BCUT2D eigenvalue weighted by Gasteiger charge is -2.16. The smallest absolute Gasteiger partial charge is 0.293 e. The predicted octanol–water partition coefficient (Wildman–Crippen LogP) is 1.98. The number of carbonyl (C=O) groups is 1. The standard InChI is InChI=1S/C13H16N2O4/c16-8-9-4-5-11(12(6-9)15(18)19)14-7-10-2-1-3-13(10)17/h4-6,8,10,13-14,17H,1-3,7H2. The van der Waals surface area contributed by atoms with Gasteiger partial charge in [-0.05, 0) is 25.0 Å². The van der Waals surface area contributed by atoms with Crippen LogP contribution >= 0.6 is 0 Å². The summed E-state index contributed by atoms with van der Waals surface area (Å²) < 4.78 is 0. The second kappa shape index (κ2) is 5.79. The van der Waals surface area contributed by atoms with Gasteiger partial charge in [-0.1, -0.05) is 6.42 Å². The Kier molecular flexibility index (Phi) is 4.11. The van der Waals surface area contributed by atoms with Crippen molar-refractivity contribution in [2.75, 3.05) is 11.9 Å². The molecule has 0 spiro atoms. The van der Waals surface area contributed by atoms with E-state index in [1.807, 2.05) is 0 Å². The number of carbonyl (C=O) groups excluding carboxylic acids is 1. The van der Waals surface area contributed by atoms with Crippen LogP contribution in [-0.2, 0) is 0 Å². The number of hydrogen-bond donors (Lipinski definition) is 2. The van der Waals surface area contributed by atoms with Crippen molar-refractivity contribution in [1.29, 1.82) is 0 Å². The van der Waals surface area contributed by atoms with Crippen LogP contribution in [0.5, 0.6) is 0 Å². The Bertz CT molecular complexity index is 490. The average molecular weight is 264 g/mol. The minimum Gasteiger partial charge on any atom is -0.393 e. The molecule has 1 aliphatic carbocycles. The Labute approximate surface area is 110 Å². The lowest BCUT2D eigenvalue weighted by atomic mass is 10.1. The first-order valence-corrected chi connectivity index (χ1v) is 6.27. The number of nitrogens with one attached hydrogen (secondary N) is 1. The van der Waals surface area contributed by atoms with Crippen LogP contribution in [0, 0.1) is 16.0 Å². The van der Waals surface area contributed by atoms with Crippen LogP contribution in [0.15, 0.2) is 18.2 Å². The van der Waals surface area contributed by atoms with Gasteiger partial charge in [-0.25, -0.2) is 0 Å². The third kappa shape index (κ3) is 3.08. The van der Waals surface area contributed by atoms with Crippen molar-refractivity contribution in [2.24, 2.45) is 5.92 Å². The largest absolute Gasteiger partial charge is 0.393 e. The van der Waals surface area contributed by atoms with Crippen molar-refractivity contribution in [3.63, 3.8) is 0 Å². The zero-order valence-corrected chi connectivity index (χ0v) is 10.4. The number of aliphatic hydroxyl groups is 1. The number of benzene rings is 1. The Balaban J connectivity index is 2.10. The van der Waals surface area contributed by atoms with Gasteiger partial charge < -0.3 is 10.4 Å². The number of aliphatic hydroxyl groups excluding tert-OH is 1. The van der Waals surface area contributed by atoms with E-state index in [1.54, 1.807) is 0 Å². The Morgan fingerprint density at radius 1 is 1.47 bits per heavy atom. The molecule has 0 radical (unpaired) electrons. The molecule has 2 atom stereocenters. The number of nitrogens with zero attached hydrogens (tertiary/aromatic N) is 1. The maximum absolute atomic E-state index is 11.0. The molecule has 0 saturated heterocycles. The Morgan fingerprint density at radius 3 is 2.84 bits per heavy atom. The minimum atomic E-state index is -0.513. The molecule has 6 nitrogen and oxygen atoms in total. The van der Waals surface area contributed by atoms with Crippen molar-refractivity contribution in [3.8, 4) is 0 Å². The van der Waals surface area contributed by atoms with Crippen LogP contribution in [0.4, 0.5) is 11.4 Å². The molecule has 0 amide bonds. The molecule has 0 aliphatic heterocycles. The fourth-order valence-electron chi connectivity index (χ4n) is 2.42. The number of hydrogen-bond acceptors (Lipinski definition) is 5. The first-order chi connectivity index (χ1) is 9.11. The van der Waals surface area contributed by atoms with Crippen LogP contribution in [-0.4, -0.2) is 29.0 Å².